The fraction of sp³-hybridized carbons (Fsp3) is 0.341. The van der Waals surface area contributed by atoms with Crippen molar-refractivity contribution in [3.63, 3.8) is 0 Å². The highest BCUT2D eigenvalue weighted by Crippen LogP contribution is 2.50. The normalized spacial score (nSPS) is 14.1. The molecule has 139 heavy (non-hydrogen) atoms. The van der Waals surface area contributed by atoms with Gasteiger partial charge in [-0.1, -0.05) is 157 Å². The van der Waals surface area contributed by atoms with Crippen LogP contribution in [0.5, 0.6) is 11.6 Å². The van der Waals surface area contributed by atoms with Crippen LogP contribution in [0.15, 0.2) is 144 Å². The monoisotopic (exact) mass is 2450 g/mol. The van der Waals surface area contributed by atoms with Crippen LogP contribution in [-0.4, -0.2) is 158 Å². The first-order valence-corrected chi connectivity index (χ1v) is 45.6. The maximum Gasteiger partial charge on any atom is 0.419 e. The standard InChI is InChI=1S/C14H15ClF3NO3.C13H12ClF3N2O.C13H13ClF3NO3.C13H12N2O4.C11H10BrClF3NO.C7H3Br2ClF3N.C7H2Br2ClF3.C7H5ClF3N/c1-21-12(20)7-9-6-10(15)8-11(13(9)14(16,17)18)19-2-4-22-5-3-19;14-10-7-9(1-2-18)12(13(15,16)17)11(8-10)19-3-5-20-6-4-19;14-9-5-8(6-11(19)20)12(13(15,16)17)10(7-9)18-1-3-21-4-2-18;1-18-10-4-2-9(3-5-10)8-19-12-11(13(16)17)14-6-7-15-12;12-8-5-7(13)6-9(10(8)11(14,15)16)17-1-3-18-4-2-17;8-2-1-3(10)6(14)5(9)4(2)7(11,12)13;8-4-1-3(10)2-5(9)6(4)7(11,12)13;8-5-2-1-4(3-6(5)12)7(9,10)11/h6,8H,2-5,7H2,1H3;7-8H,1,3-6H2;5,7H,1-4,6H2,(H,19,20);2-7H,8H2,1H3,(H,16,17);5-6H,1-4H2;1H,14H2;1-2H;1-3H,12H2. The smallest absolute Gasteiger partial charge is 0.419 e. The fourth-order valence-electron chi connectivity index (χ4n) is 12.7. The largest absolute Gasteiger partial charge is 0.497 e. The molecule has 0 aliphatic carbocycles. The fourth-order valence-corrected chi connectivity index (χ4v) is 18.7. The first-order valence-electron chi connectivity index (χ1n) is 39.0. The van der Waals surface area contributed by atoms with Crippen molar-refractivity contribution < 1.29 is 150 Å². The van der Waals surface area contributed by atoms with Crippen molar-refractivity contribution in [2.45, 2.75) is 69.1 Å². The van der Waals surface area contributed by atoms with Crippen molar-refractivity contribution in [2.24, 2.45) is 0 Å². The molecule has 1 aromatic heterocycles. The molecule has 8 aromatic carbocycles. The van der Waals surface area contributed by atoms with Crippen LogP contribution in [0, 0.1) is 11.3 Å². The Morgan fingerprint density at radius 3 is 1.13 bits per heavy atom. The van der Waals surface area contributed by atoms with E-state index < -0.39 is 113 Å². The van der Waals surface area contributed by atoms with Gasteiger partial charge in [0.15, 0.2) is 0 Å². The molecule has 0 unspecified atom stereocenters. The zero-order chi connectivity index (χ0) is 104. The Labute approximate surface area is 854 Å². The second-order valence-corrected chi connectivity index (χ2v) is 35.5. The summed E-state index contributed by atoms with van der Waals surface area (Å²) >= 11 is 54.2. The number of halogens is 33. The molecule has 6 N–H and O–H groups in total. The number of alkyl halides is 21. The number of nitrogen functional groups attached to an aromatic ring is 2. The number of nitrogens with two attached hydrogens (primary N) is 2. The number of hydrogen-bond donors (Lipinski definition) is 4. The minimum absolute atomic E-state index is 0.00539. The minimum atomic E-state index is -4.65. The number of rotatable bonds is 14. The number of carboxylic acid groups (broad SMARTS) is 2. The Hall–Kier alpha value is -8.06. The highest BCUT2D eigenvalue weighted by molar-refractivity contribution is 9.11. The van der Waals surface area contributed by atoms with Crippen molar-refractivity contribution in [2.75, 3.05) is 150 Å². The summed E-state index contributed by atoms with van der Waals surface area (Å²) in [5, 5.41) is 27.6. The zero-order valence-electron chi connectivity index (χ0n) is 70.9. The highest BCUT2D eigenvalue weighted by atomic mass is 79.9. The number of nitrogens with zero attached hydrogens (tertiary/aromatic N) is 7. The SMILES string of the molecule is COC(=O)Cc1cc(Cl)cc(N2CCOCC2)c1C(F)(F)F.COc1ccc(COc2nccnc2C(=O)O)cc1.FC(F)(F)c1c(Br)cc(Cl)cc1Br.FC(F)(F)c1c(Br)cc(Cl)cc1N1CCOCC1.N#CCc1cc(Cl)cc(N2CCOCC2)c1C(F)(F)F.Nc1c(Cl)cc(Br)c(C(F)(F)F)c1Br.Nc1cc(C(F)(F)F)ccc1Cl.O=C(O)Cc1cc(Cl)cc(N2CCOCC2)c1C(F)(F)F. The lowest BCUT2D eigenvalue weighted by Crippen LogP contribution is -2.37. The van der Waals surface area contributed by atoms with Crippen molar-refractivity contribution in [3.8, 4) is 17.7 Å². The molecule has 0 atom stereocenters. The van der Waals surface area contributed by atoms with Crippen molar-refractivity contribution in [3.05, 3.63) is 246 Å². The lowest BCUT2D eigenvalue weighted by atomic mass is 10.0. The van der Waals surface area contributed by atoms with E-state index in [9.17, 15) is 107 Å². The van der Waals surface area contributed by atoms with Gasteiger partial charge in [-0.15, -0.1) is 0 Å². The van der Waals surface area contributed by atoms with E-state index in [0.717, 1.165) is 54.8 Å². The van der Waals surface area contributed by atoms with Crippen LogP contribution in [0.4, 0.5) is 126 Å². The number of esters is 1. The Bertz CT molecular complexity index is 5700. The molecule has 0 bridgehead atoms. The number of carbonyl (C=O) groups is 3. The van der Waals surface area contributed by atoms with E-state index in [-0.39, 0.29) is 133 Å². The van der Waals surface area contributed by atoms with Gasteiger partial charge in [0.05, 0.1) is 180 Å². The Morgan fingerprint density at radius 1 is 0.432 bits per heavy atom. The number of methoxy groups -OCH3 is 2. The molecule has 4 aliphatic rings. The average Bonchev–Trinajstić information content (AvgIpc) is 0.774. The van der Waals surface area contributed by atoms with E-state index in [2.05, 4.69) is 94.4 Å². The second kappa shape index (κ2) is 53.5. The predicted octanol–water partition coefficient (Wildman–Crippen LogP) is 27.0. The third-order valence-corrected chi connectivity index (χ3v) is 23.8. The van der Waals surface area contributed by atoms with Gasteiger partial charge in [-0.05, 0) is 135 Å². The number of carbonyl (C=O) groups excluding carboxylic acids is 1. The number of ether oxygens (including phenoxy) is 7. The van der Waals surface area contributed by atoms with Crippen LogP contribution >= 0.6 is 161 Å². The number of aromatic nitrogens is 2. The van der Waals surface area contributed by atoms with E-state index in [1.54, 1.807) is 40.0 Å². The van der Waals surface area contributed by atoms with Gasteiger partial charge in [0.1, 0.15) is 12.4 Å². The van der Waals surface area contributed by atoms with Gasteiger partial charge >= 0.3 is 61.1 Å². The summed E-state index contributed by atoms with van der Waals surface area (Å²) in [5.74, 6) is -2.51. The third kappa shape index (κ3) is 36.9. The maximum absolute atomic E-state index is 13.5. The number of hydrogen-bond acceptors (Lipinski definition) is 19. The first-order chi connectivity index (χ1) is 64.6. The third-order valence-electron chi connectivity index (χ3n) is 18.7. The zero-order valence-corrected chi connectivity index (χ0v) is 84.1. The molecule has 0 saturated carbocycles. The molecular weight excluding hydrogens is 2390 g/mol. The molecule has 4 aliphatic heterocycles. The lowest BCUT2D eigenvalue weighted by Gasteiger charge is -2.32. The van der Waals surface area contributed by atoms with E-state index >= 15 is 0 Å². The van der Waals surface area contributed by atoms with Gasteiger partial charge in [-0.2, -0.15) is 97.5 Å². The number of nitriles is 1. The van der Waals surface area contributed by atoms with Gasteiger partial charge in [0.2, 0.25) is 11.6 Å². The highest BCUT2D eigenvalue weighted by Gasteiger charge is 2.44. The molecule has 21 nitrogen and oxygen atoms in total. The van der Waals surface area contributed by atoms with Gasteiger partial charge in [0, 0.05) is 108 Å². The van der Waals surface area contributed by atoms with Crippen LogP contribution in [0.25, 0.3) is 0 Å². The van der Waals surface area contributed by atoms with E-state index in [4.69, 9.17) is 137 Å². The molecule has 0 radical (unpaired) electrons. The number of benzene rings is 8. The lowest BCUT2D eigenvalue weighted by molar-refractivity contribution is -0.142. The van der Waals surface area contributed by atoms with Crippen molar-refractivity contribution in [1.29, 1.82) is 5.26 Å². The molecular formula is C85H72Br5Cl7F21N9O12. The summed E-state index contributed by atoms with van der Waals surface area (Å²) in [6, 6.07) is 25.2. The van der Waals surface area contributed by atoms with Gasteiger partial charge < -0.3 is 74.4 Å². The summed E-state index contributed by atoms with van der Waals surface area (Å²) in [4.78, 5) is 47.0. The molecule has 760 valence electrons. The Morgan fingerprint density at radius 2 is 0.777 bits per heavy atom. The number of aromatic carboxylic acids is 1. The van der Waals surface area contributed by atoms with Crippen LogP contribution in [0.3, 0.4) is 0 Å². The van der Waals surface area contributed by atoms with Gasteiger partial charge in [0.25, 0.3) is 0 Å². The maximum atomic E-state index is 13.5. The molecule has 0 spiro atoms. The first kappa shape index (κ1) is 120. The number of morpholine rings is 4. The summed E-state index contributed by atoms with van der Waals surface area (Å²) < 4.78 is 305. The van der Waals surface area contributed by atoms with E-state index in [1.165, 1.54) is 65.8 Å². The van der Waals surface area contributed by atoms with Crippen LogP contribution in [0.2, 0.25) is 35.2 Å². The average molecular weight is 2460 g/mol. The van der Waals surface area contributed by atoms with Gasteiger partial charge in [-0.25, -0.2) is 14.8 Å². The summed E-state index contributed by atoms with van der Waals surface area (Å²) in [5.41, 5.74) is 4.80. The number of aliphatic carboxylic acids is 1. The van der Waals surface area contributed by atoms with Crippen molar-refractivity contribution in [1.82, 2.24) is 9.97 Å². The molecule has 4 saturated heterocycles. The quantitative estimate of drug-likeness (QED) is 0.0447. The summed E-state index contributed by atoms with van der Waals surface area (Å²) in [6.07, 6.45) is -30.3. The Kier molecular flexibility index (Phi) is 46.1. The molecule has 13 rings (SSSR count). The van der Waals surface area contributed by atoms with E-state index in [1.807, 2.05) is 12.1 Å². The van der Waals surface area contributed by atoms with Crippen LogP contribution in [-0.2, 0) is 102 Å². The molecule has 9 aromatic rings. The van der Waals surface area contributed by atoms with Crippen LogP contribution < -0.4 is 40.5 Å². The second-order valence-electron chi connectivity index (χ2n) is 28.3. The summed E-state index contributed by atoms with van der Waals surface area (Å²) in [7, 11) is 2.72. The number of carboxylic acids is 2. The molecule has 54 heteroatoms. The minimum Gasteiger partial charge on any atom is -0.497 e. The van der Waals surface area contributed by atoms with Crippen LogP contribution in [0.1, 0.15) is 71.7 Å². The van der Waals surface area contributed by atoms with Crippen molar-refractivity contribution >= 4 is 213 Å². The Balaban J connectivity index is 0.000000245. The summed E-state index contributed by atoms with van der Waals surface area (Å²) in [6.45, 7) is 5.98. The predicted molar refractivity (Wildman–Crippen MR) is 497 cm³/mol. The molecule has 0 amide bonds. The van der Waals surface area contributed by atoms with Gasteiger partial charge in [-0.3, -0.25) is 9.59 Å². The van der Waals surface area contributed by atoms with E-state index in [0.29, 0.717) is 105 Å². The number of anilines is 6. The topological polar surface area (TPSA) is 271 Å². The molecule has 4 fully saturated rings. The molecule has 5 heterocycles.